The van der Waals surface area contributed by atoms with E-state index in [0.29, 0.717) is 18.8 Å². The predicted octanol–water partition coefficient (Wildman–Crippen LogP) is 3.91. The lowest BCUT2D eigenvalue weighted by Gasteiger charge is -2.35. The van der Waals surface area contributed by atoms with Gasteiger partial charge >= 0.3 is 6.09 Å². The number of carbonyl (C=O) groups excluding carboxylic acids is 1. The van der Waals surface area contributed by atoms with Crippen molar-refractivity contribution in [3.8, 4) is 5.75 Å². The third kappa shape index (κ3) is 4.36. The molecule has 6 heteroatoms. The number of anilines is 2. The van der Waals surface area contributed by atoms with Crippen LogP contribution in [0.5, 0.6) is 5.75 Å². The van der Waals surface area contributed by atoms with Crippen molar-refractivity contribution in [3.63, 3.8) is 0 Å². The number of amides is 1. The Bertz CT molecular complexity index is 1070. The standard InChI is InChI=1S/C26H30N4O2/c1-27-12-14-29(15-13-27)25-9-5-6-21-10-11-23(20-24(21)25)32-26(31)30-18-16-28(17-19-30)22-7-3-2-4-8-22/h2-11,20H,12-19H2,1H3. The number of para-hydroxylation sites is 1. The van der Waals surface area contributed by atoms with Gasteiger partial charge in [-0.3, -0.25) is 0 Å². The zero-order valence-corrected chi connectivity index (χ0v) is 18.6. The topological polar surface area (TPSA) is 39.3 Å². The Labute approximate surface area is 189 Å². The number of likely N-dealkylation sites (N-methyl/N-ethyl adjacent to an activating group) is 1. The van der Waals surface area contributed by atoms with Crippen LogP contribution in [-0.2, 0) is 0 Å². The largest absolute Gasteiger partial charge is 0.415 e. The summed E-state index contributed by atoms with van der Waals surface area (Å²) in [7, 11) is 2.16. The minimum Gasteiger partial charge on any atom is -0.410 e. The maximum Gasteiger partial charge on any atom is 0.415 e. The molecule has 1 amide bonds. The molecule has 0 spiro atoms. The molecule has 2 saturated heterocycles. The lowest BCUT2D eigenvalue weighted by atomic mass is 10.1. The summed E-state index contributed by atoms with van der Waals surface area (Å²) in [6.07, 6.45) is -0.269. The average Bonchev–Trinajstić information content (AvgIpc) is 2.85. The predicted molar refractivity (Wildman–Crippen MR) is 130 cm³/mol. The zero-order valence-electron chi connectivity index (χ0n) is 18.6. The fraction of sp³-hybridized carbons (Fsp3) is 0.346. The molecule has 5 rings (SSSR count). The molecule has 0 saturated carbocycles. The number of hydrogen-bond acceptors (Lipinski definition) is 5. The highest BCUT2D eigenvalue weighted by Gasteiger charge is 2.23. The molecular weight excluding hydrogens is 400 g/mol. The van der Waals surface area contributed by atoms with E-state index in [0.717, 1.165) is 50.0 Å². The molecule has 2 aliphatic heterocycles. The summed E-state index contributed by atoms with van der Waals surface area (Å²) in [5.74, 6) is 0.606. The molecule has 0 aliphatic carbocycles. The highest BCUT2D eigenvalue weighted by molar-refractivity contribution is 5.95. The van der Waals surface area contributed by atoms with Crippen molar-refractivity contribution in [3.05, 3.63) is 66.7 Å². The fourth-order valence-electron chi connectivity index (χ4n) is 4.57. The molecule has 2 heterocycles. The lowest BCUT2D eigenvalue weighted by Crippen LogP contribution is -2.49. The van der Waals surface area contributed by atoms with E-state index in [1.807, 2.05) is 36.4 Å². The van der Waals surface area contributed by atoms with Crippen LogP contribution in [0, 0.1) is 0 Å². The van der Waals surface area contributed by atoms with Crippen LogP contribution < -0.4 is 14.5 Å². The molecule has 6 nitrogen and oxygen atoms in total. The zero-order chi connectivity index (χ0) is 21.9. The summed E-state index contributed by atoms with van der Waals surface area (Å²) >= 11 is 0. The van der Waals surface area contributed by atoms with Crippen molar-refractivity contribution in [1.29, 1.82) is 0 Å². The molecule has 0 radical (unpaired) electrons. The molecule has 32 heavy (non-hydrogen) atoms. The van der Waals surface area contributed by atoms with Gasteiger partial charge in [-0.15, -0.1) is 0 Å². The monoisotopic (exact) mass is 430 g/mol. The average molecular weight is 431 g/mol. The van der Waals surface area contributed by atoms with Gasteiger partial charge in [0.15, 0.2) is 0 Å². The van der Waals surface area contributed by atoms with Crippen LogP contribution in [0.25, 0.3) is 10.8 Å². The lowest BCUT2D eigenvalue weighted by molar-refractivity contribution is 0.149. The third-order valence-electron chi connectivity index (χ3n) is 6.54. The van der Waals surface area contributed by atoms with Gasteiger partial charge in [-0.1, -0.05) is 36.4 Å². The van der Waals surface area contributed by atoms with E-state index in [1.54, 1.807) is 4.90 Å². The van der Waals surface area contributed by atoms with Crippen LogP contribution in [-0.4, -0.2) is 75.3 Å². The van der Waals surface area contributed by atoms with Crippen molar-refractivity contribution in [1.82, 2.24) is 9.80 Å². The Kier molecular flexibility index (Phi) is 5.86. The van der Waals surface area contributed by atoms with Gasteiger partial charge in [-0.25, -0.2) is 4.79 Å². The van der Waals surface area contributed by atoms with Gasteiger partial charge in [0, 0.05) is 69.1 Å². The van der Waals surface area contributed by atoms with Crippen LogP contribution in [0.2, 0.25) is 0 Å². The molecule has 0 bridgehead atoms. The number of hydrogen-bond donors (Lipinski definition) is 0. The molecule has 0 unspecified atom stereocenters. The summed E-state index contributed by atoms with van der Waals surface area (Å²) < 4.78 is 5.80. The van der Waals surface area contributed by atoms with E-state index in [4.69, 9.17) is 4.74 Å². The second-order valence-electron chi connectivity index (χ2n) is 8.63. The highest BCUT2D eigenvalue weighted by Crippen LogP contribution is 2.31. The normalized spacial score (nSPS) is 17.6. The maximum atomic E-state index is 12.8. The van der Waals surface area contributed by atoms with Crippen molar-refractivity contribution < 1.29 is 9.53 Å². The second-order valence-corrected chi connectivity index (χ2v) is 8.63. The Hall–Kier alpha value is -3.25. The second kappa shape index (κ2) is 9.09. The third-order valence-corrected chi connectivity index (χ3v) is 6.54. The summed E-state index contributed by atoms with van der Waals surface area (Å²) in [6, 6.07) is 22.7. The van der Waals surface area contributed by atoms with Gasteiger partial charge in [0.05, 0.1) is 0 Å². The van der Waals surface area contributed by atoms with Crippen LogP contribution in [0.4, 0.5) is 16.2 Å². The van der Waals surface area contributed by atoms with Crippen molar-refractivity contribution in [2.24, 2.45) is 0 Å². The number of rotatable bonds is 3. The first kappa shape index (κ1) is 20.6. The quantitative estimate of drug-likeness (QED) is 0.630. The van der Waals surface area contributed by atoms with E-state index >= 15 is 0 Å². The fourth-order valence-corrected chi connectivity index (χ4v) is 4.57. The van der Waals surface area contributed by atoms with Crippen LogP contribution >= 0.6 is 0 Å². The van der Waals surface area contributed by atoms with Gasteiger partial charge in [0.25, 0.3) is 0 Å². The summed E-state index contributed by atoms with van der Waals surface area (Å²) in [5.41, 5.74) is 2.41. The maximum absolute atomic E-state index is 12.8. The van der Waals surface area contributed by atoms with Gasteiger partial charge in [-0.2, -0.15) is 0 Å². The number of ether oxygens (including phenoxy) is 1. The molecular formula is C26H30N4O2. The van der Waals surface area contributed by atoms with Crippen molar-refractivity contribution in [2.75, 3.05) is 69.2 Å². The Morgan fingerprint density at radius 3 is 2.22 bits per heavy atom. The van der Waals surface area contributed by atoms with E-state index in [9.17, 15) is 4.79 Å². The van der Waals surface area contributed by atoms with E-state index < -0.39 is 0 Å². The van der Waals surface area contributed by atoms with E-state index in [-0.39, 0.29) is 6.09 Å². The summed E-state index contributed by atoms with van der Waals surface area (Å²) in [6.45, 7) is 7.06. The SMILES string of the molecule is CN1CCN(c2cccc3ccc(OC(=O)N4CCN(c5ccccc5)CC4)cc23)CC1. The molecule has 0 atom stereocenters. The molecule has 0 N–H and O–H groups in total. The number of piperazine rings is 2. The number of carbonyl (C=O) groups is 1. The van der Waals surface area contributed by atoms with Crippen LogP contribution in [0.3, 0.4) is 0 Å². The van der Waals surface area contributed by atoms with Crippen molar-refractivity contribution >= 4 is 28.2 Å². The Morgan fingerprint density at radius 2 is 1.47 bits per heavy atom. The number of fused-ring (bicyclic) bond motifs is 1. The van der Waals surface area contributed by atoms with Crippen LogP contribution in [0.15, 0.2) is 66.7 Å². The first-order chi connectivity index (χ1) is 15.7. The first-order valence-electron chi connectivity index (χ1n) is 11.4. The Morgan fingerprint density at radius 1 is 0.750 bits per heavy atom. The summed E-state index contributed by atoms with van der Waals surface area (Å²) in [5, 5.41) is 2.30. The number of nitrogens with zero attached hydrogens (tertiary/aromatic N) is 4. The highest BCUT2D eigenvalue weighted by atomic mass is 16.6. The van der Waals surface area contributed by atoms with Crippen molar-refractivity contribution in [2.45, 2.75) is 0 Å². The number of benzene rings is 3. The minimum absolute atomic E-state index is 0.269. The van der Waals surface area contributed by atoms with Gasteiger partial charge in [-0.05, 0) is 42.8 Å². The molecule has 2 fully saturated rings. The van der Waals surface area contributed by atoms with E-state index in [1.165, 1.54) is 11.4 Å². The molecule has 0 aromatic heterocycles. The first-order valence-corrected chi connectivity index (χ1v) is 11.4. The van der Waals surface area contributed by atoms with Crippen LogP contribution in [0.1, 0.15) is 0 Å². The van der Waals surface area contributed by atoms with Gasteiger partial charge in [0.2, 0.25) is 0 Å². The smallest absolute Gasteiger partial charge is 0.410 e. The van der Waals surface area contributed by atoms with Gasteiger partial charge in [0.1, 0.15) is 5.75 Å². The molecule has 166 valence electrons. The van der Waals surface area contributed by atoms with E-state index in [2.05, 4.69) is 52.1 Å². The molecule has 2 aliphatic rings. The van der Waals surface area contributed by atoms with Gasteiger partial charge < -0.3 is 24.3 Å². The Balaban J connectivity index is 1.27. The summed E-state index contributed by atoms with van der Waals surface area (Å²) in [4.78, 5) is 21.7. The molecule has 3 aromatic carbocycles. The molecule has 3 aromatic rings. The minimum atomic E-state index is -0.269.